The Morgan fingerprint density at radius 3 is 2.27 bits per heavy atom. The molecular weight excluding hydrogens is 490 g/mol. The first-order valence-corrected chi connectivity index (χ1v) is 12.9. The maximum atomic E-state index is 13.0. The van der Waals surface area contributed by atoms with Crippen molar-refractivity contribution in [3.8, 4) is 17.0 Å². The minimum Gasteiger partial charge on any atom is -0.507 e. The van der Waals surface area contributed by atoms with Gasteiger partial charge in [-0.2, -0.15) is 0 Å². The van der Waals surface area contributed by atoms with E-state index in [1.54, 1.807) is 39.8 Å². The minimum absolute atomic E-state index is 0.162. The van der Waals surface area contributed by atoms with E-state index >= 15 is 0 Å². The Balaban J connectivity index is 1.71. The number of phenolic OH excluding ortho intramolecular Hbond substituents is 1. The molecule has 1 aromatic heterocycles. The summed E-state index contributed by atoms with van der Waals surface area (Å²) in [6.45, 7) is 7.50. The number of carbonyl (C=O) groups excluding carboxylic acids is 2. The number of aromatic nitrogens is 1. The highest BCUT2D eigenvalue weighted by Crippen LogP contribution is 2.40. The van der Waals surface area contributed by atoms with Crippen LogP contribution < -0.4 is 10.6 Å². The molecule has 8 nitrogen and oxygen atoms in total. The maximum Gasteiger partial charge on any atom is 0.336 e. The molecule has 9 heteroatoms. The van der Waals surface area contributed by atoms with Crippen molar-refractivity contribution >= 4 is 34.1 Å². The van der Waals surface area contributed by atoms with Crippen molar-refractivity contribution in [2.45, 2.75) is 33.6 Å². The Hall–Kier alpha value is -4.11. The molecule has 0 amide bonds. The molecule has 3 N–H and O–H groups in total. The number of para-hydroxylation sites is 1. The van der Waals surface area contributed by atoms with Gasteiger partial charge in [-0.25, -0.2) is 14.6 Å². The van der Waals surface area contributed by atoms with E-state index in [-0.39, 0.29) is 19.0 Å². The molecule has 2 aromatic carbocycles. The van der Waals surface area contributed by atoms with Gasteiger partial charge in [-0.3, -0.25) is 0 Å². The number of dihydropyridines is 1. The Labute approximate surface area is 219 Å². The van der Waals surface area contributed by atoms with Gasteiger partial charge in [0.15, 0.2) is 5.13 Å². The molecule has 0 unspecified atom stereocenters. The van der Waals surface area contributed by atoms with Gasteiger partial charge in [0, 0.05) is 28.0 Å². The number of ether oxygens (including phenoxy) is 2. The molecule has 1 aliphatic rings. The zero-order chi connectivity index (χ0) is 26.5. The molecule has 0 saturated carbocycles. The highest BCUT2D eigenvalue weighted by Gasteiger charge is 2.38. The molecule has 0 radical (unpaired) electrons. The number of anilines is 2. The summed E-state index contributed by atoms with van der Waals surface area (Å²) in [4.78, 5) is 30.7. The lowest BCUT2D eigenvalue weighted by Crippen LogP contribution is -2.32. The van der Waals surface area contributed by atoms with Gasteiger partial charge >= 0.3 is 11.9 Å². The Morgan fingerprint density at radius 1 is 1.00 bits per heavy atom. The quantitative estimate of drug-likeness (QED) is 0.329. The van der Waals surface area contributed by atoms with E-state index in [4.69, 9.17) is 9.47 Å². The van der Waals surface area contributed by atoms with Crippen molar-refractivity contribution < 1.29 is 24.2 Å². The SMILES string of the molecule is CCOC(=O)C1=C(C)NC(C)=C(C(=O)OCC)C1c1cccc(Nc2nc(-c3ccccc3O)cs2)c1. The van der Waals surface area contributed by atoms with E-state index in [1.807, 2.05) is 41.8 Å². The second kappa shape index (κ2) is 11.3. The minimum atomic E-state index is -0.672. The Bertz CT molecular complexity index is 1350. The fourth-order valence-corrected chi connectivity index (χ4v) is 5.08. The molecular formula is C28H29N3O5S. The summed E-state index contributed by atoms with van der Waals surface area (Å²) in [7, 11) is 0. The van der Waals surface area contributed by atoms with Crippen molar-refractivity contribution in [1.82, 2.24) is 10.3 Å². The van der Waals surface area contributed by atoms with Crippen LogP contribution in [0.4, 0.5) is 10.8 Å². The molecule has 0 saturated heterocycles. The van der Waals surface area contributed by atoms with Crippen LogP contribution in [0.2, 0.25) is 0 Å². The van der Waals surface area contributed by atoms with E-state index < -0.39 is 17.9 Å². The normalized spacial score (nSPS) is 13.8. The lowest BCUT2D eigenvalue weighted by molar-refractivity contribution is -0.139. The fraction of sp³-hybridized carbons (Fsp3) is 0.250. The van der Waals surface area contributed by atoms with Crippen molar-refractivity contribution in [1.29, 1.82) is 0 Å². The van der Waals surface area contributed by atoms with Crippen molar-refractivity contribution in [2.75, 3.05) is 18.5 Å². The molecule has 2 heterocycles. The summed E-state index contributed by atoms with van der Waals surface area (Å²) in [5, 5.41) is 19.1. The van der Waals surface area contributed by atoms with Crippen molar-refractivity contribution in [2.24, 2.45) is 0 Å². The number of rotatable bonds is 8. The monoisotopic (exact) mass is 519 g/mol. The number of phenols is 1. The first-order valence-electron chi connectivity index (χ1n) is 12.0. The number of nitrogens with zero attached hydrogens (tertiary/aromatic N) is 1. The van der Waals surface area contributed by atoms with Crippen LogP contribution >= 0.6 is 11.3 Å². The van der Waals surface area contributed by atoms with Gasteiger partial charge in [-0.1, -0.05) is 24.3 Å². The molecule has 0 atom stereocenters. The molecule has 0 fully saturated rings. The Morgan fingerprint density at radius 2 is 1.65 bits per heavy atom. The molecule has 37 heavy (non-hydrogen) atoms. The lowest BCUT2D eigenvalue weighted by Gasteiger charge is -2.30. The number of benzene rings is 2. The van der Waals surface area contributed by atoms with Crippen LogP contribution in [0.5, 0.6) is 5.75 Å². The van der Waals surface area contributed by atoms with Gasteiger partial charge in [0.2, 0.25) is 0 Å². The van der Waals surface area contributed by atoms with Gasteiger partial charge in [-0.15, -0.1) is 11.3 Å². The molecule has 3 aromatic rings. The summed E-state index contributed by atoms with van der Waals surface area (Å²) in [6.07, 6.45) is 0. The predicted octanol–water partition coefficient (Wildman–Crippen LogP) is 5.62. The first kappa shape index (κ1) is 26.0. The van der Waals surface area contributed by atoms with Crippen LogP contribution in [0.3, 0.4) is 0 Å². The fourth-order valence-electron chi connectivity index (χ4n) is 4.35. The highest BCUT2D eigenvalue weighted by atomic mass is 32.1. The molecule has 0 spiro atoms. The van der Waals surface area contributed by atoms with Crippen LogP contribution in [0.15, 0.2) is 76.5 Å². The third kappa shape index (κ3) is 5.51. The van der Waals surface area contributed by atoms with Crippen molar-refractivity contribution in [3.63, 3.8) is 0 Å². The third-order valence-corrected chi connectivity index (χ3v) is 6.66. The number of allylic oxidation sites excluding steroid dienone is 2. The second-order valence-electron chi connectivity index (χ2n) is 8.38. The average Bonchev–Trinajstić information content (AvgIpc) is 3.32. The van der Waals surface area contributed by atoms with Crippen LogP contribution in [0.1, 0.15) is 39.2 Å². The number of nitrogens with one attached hydrogen (secondary N) is 2. The smallest absolute Gasteiger partial charge is 0.336 e. The Kier molecular flexibility index (Phi) is 7.93. The number of carbonyl (C=O) groups is 2. The topological polar surface area (TPSA) is 110 Å². The predicted molar refractivity (Wildman–Crippen MR) is 143 cm³/mol. The van der Waals surface area contributed by atoms with E-state index in [2.05, 4.69) is 15.6 Å². The standard InChI is InChI=1S/C28H29N3O5S/c1-5-35-26(33)23-16(3)29-17(4)24(27(34)36-6-2)25(23)18-10-9-11-19(14-18)30-28-31-21(15-37-28)20-12-7-8-13-22(20)32/h7-15,25,29,32H,5-6H2,1-4H3,(H,30,31). The molecule has 192 valence electrons. The zero-order valence-corrected chi connectivity index (χ0v) is 21.9. The molecule has 0 bridgehead atoms. The van der Waals surface area contributed by atoms with E-state index in [1.165, 1.54) is 11.3 Å². The van der Waals surface area contributed by atoms with Gasteiger partial charge in [0.25, 0.3) is 0 Å². The van der Waals surface area contributed by atoms with Crippen LogP contribution in [0, 0.1) is 0 Å². The van der Waals surface area contributed by atoms with Gasteiger partial charge < -0.3 is 25.2 Å². The number of aromatic hydroxyl groups is 1. The molecule has 4 rings (SSSR count). The summed E-state index contributed by atoms with van der Waals surface area (Å²) in [5.41, 5.74) is 4.75. The molecule has 0 aliphatic carbocycles. The van der Waals surface area contributed by atoms with E-state index in [0.717, 1.165) is 11.3 Å². The number of hydrogen-bond acceptors (Lipinski definition) is 9. The largest absolute Gasteiger partial charge is 0.507 e. The van der Waals surface area contributed by atoms with E-state index in [0.29, 0.717) is 38.9 Å². The third-order valence-electron chi connectivity index (χ3n) is 5.91. The summed E-state index contributed by atoms with van der Waals surface area (Å²) in [6, 6.07) is 14.5. The van der Waals surface area contributed by atoms with Crippen LogP contribution in [-0.2, 0) is 19.1 Å². The maximum absolute atomic E-state index is 13.0. The van der Waals surface area contributed by atoms with E-state index in [9.17, 15) is 14.7 Å². The molecule has 1 aliphatic heterocycles. The van der Waals surface area contributed by atoms with Crippen molar-refractivity contribution in [3.05, 3.63) is 82.0 Å². The summed E-state index contributed by atoms with van der Waals surface area (Å²) >= 11 is 1.40. The van der Waals surface area contributed by atoms with Crippen LogP contribution in [0.25, 0.3) is 11.3 Å². The average molecular weight is 520 g/mol. The number of hydrogen-bond donors (Lipinski definition) is 3. The summed E-state index contributed by atoms with van der Waals surface area (Å²) < 4.78 is 10.7. The lowest BCUT2D eigenvalue weighted by atomic mass is 9.80. The van der Waals surface area contributed by atoms with Gasteiger partial charge in [0.1, 0.15) is 5.75 Å². The van der Waals surface area contributed by atoms with Gasteiger partial charge in [-0.05, 0) is 57.5 Å². The highest BCUT2D eigenvalue weighted by molar-refractivity contribution is 7.14. The number of esters is 2. The zero-order valence-electron chi connectivity index (χ0n) is 21.1. The van der Waals surface area contributed by atoms with Gasteiger partial charge in [0.05, 0.1) is 36.0 Å². The first-order chi connectivity index (χ1) is 17.8. The summed E-state index contributed by atoms with van der Waals surface area (Å²) in [5.74, 6) is -1.49. The van der Waals surface area contributed by atoms with Crippen LogP contribution in [-0.4, -0.2) is 35.2 Å². The number of thiazole rings is 1. The second-order valence-corrected chi connectivity index (χ2v) is 9.24.